The number of hydrogen-bond acceptors (Lipinski definition) is 5. The van der Waals surface area contributed by atoms with Crippen LogP contribution in [0.15, 0.2) is 41.8 Å². The molecular weight excluding hydrogens is 288 g/mol. The molecule has 0 fully saturated rings. The van der Waals surface area contributed by atoms with Crippen molar-refractivity contribution in [2.75, 3.05) is 12.8 Å². The molecule has 0 aliphatic carbocycles. The molecule has 3 nitrogen and oxygen atoms in total. The summed E-state index contributed by atoms with van der Waals surface area (Å²) in [6, 6.07) is 12.2. The van der Waals surface area contributed by atoms with Crippen molar-refractivity contribution in [3.8, 4) is 16.3 Å². The maximum atomic E-state index is 5.88. The van der Waals surface area contributed by atoms with Gasteiger partial charge in [-0.25, -0.2) is 4.98 Å². The molecule has 3 rings (SSSR count). The Bertz CT molecular complexity index is 704. The maximum absolute atomic E-state index is 5.88. The summed E-state index contributed by atoms with van der Waals surface area (Å²) in [5, 5.41) is 2.67. The zero-order chi connectivity index (χ0) is 13.9. The predicted octanol–water partition coefficient (Wildman–Crippen LogP) is 4.05. The first-order valence-corrected chi connectivity index (χ1v) is 7.88. The number of benzene rings is 1. The molecule has 0 unspecified atom stereocenters. The van der Waals surface area contributed by atoms with E-state index in [9.17, 15) is 0 Å². The molecule has 0 radical (unpaired) electrons. The summed E-state index contributed by atoms with van der Waals surface area (Å²) in [7, 11) is 1.68. The van der Waals surface area contributed by atoms with Crippen molar-refractivity contribution in [1.29, 1.82) is 0 Å². The molecule has 0 saturated heterocycles. The fraction of sp³-hybridized carbons (Fsp3) is 0.133. The minimum Gasteiger partial charge on any atom is -0.497 e. The van der Waals surface area contributed by atoms with Gasteiger partial charge >= 0.3 is 0 Å². The zero-order valence-corrected chi connectivity index (χ0v) is 12.6. The molecule has 102 valence electrons. The molecule has 2 aromatic heterocycles. The lowest BCUT2D eigenvalue weighted by Gasteiger charge is -2.04. The van der Waals surface area contributed by atoms with E-state index >= 15 is 0 Å². The number of hydrogen-bond donors (Lipinski definition) is 1. The van der Waals surface area contributed by atoms with Gasteiger partial charge in [-0.2, -0.15) is 0 Å². The molecule has 0 bridgehead atoms. The summed E-state index contributed by atoms with van der Waals surface area (Å²) in [6.07, 6.45) is 0.819. The highest BCUT2D eigenvalue weighted by molar-refractivity contribution is 7.17. The van der Waals surface area contributed by atoms with Gasteiger partial charge in [-0.15, -0.1) is 22.7 Å². The van der Waals surface area contributed by atoms with Crippen molar-refractivity contribution in [3.05, 3.63) is 52.2 Å². The van der Waals surface area contributed by atoms with Gasteiger partial charge in [0.1, 0.15) is 5.75 Å². The van der Waals surface area contributed by atoms with Crippen LogP contribution in [-0.4, -0.2) is 12.1 Å². The number of thiophene rings is 1. The summed E-state index contributed by atoms with van der Waals surface area (Å²) < 4.78 is 5.27. The van der Waals surface area contributed by atoms with Gasteiger partial charge in [-0.05, 0) is 29.1 Å². The number of anilines is 1. The van der Waals surface area contributed by atoms with E-state index in [2.05, 4.69) is 22.5 Å². The van der Waals surface area contributed by atoms with Crippen LogP contribution in [0, 0.1) is 0 Å². The minimum absolute atomic E-state index is 0.617. The molecular formula is C15H14N2OS2. The highest BCUT2D eigenvalue weighted by Crippen LogP contribution is 2.34. The van der Waals surface area contributed by atoms with Crippen LogP contribution in [0.5, 0.6) is 5.75 Å². The summed E-state index contributed by atoms with van der Waals surface area (Å²) in [6.45, 7) is 0. The summed E-state index contributed by atoms with van der Waals surface area (Å²) in [5.41, 5.74) is 8.09. The van der Waals surface area contributed by atoms with Crippen molar-refractivity contribution >= 4 is 27.8 Å². The fourth-order valence-corrected chi connectivity index (χ4v) is 3.75. The van der Waals surface area contributed by atoms with E-state index in [4.69, 9.17) is 10.5 Å². The molecule has 0 aliphatic heterocycles. The second-order valence-electron chi connectivity index (χ2n) is 4.33. The van der Waals surface area contributed by atoms with Gasteiger partial charge in [0.25, 0.3) is 0 Å². The molecule has 0 atom stereocenters. The molecule has 0 spiro atoms. The van der Waals surface area contributed by atoms with Crippen LogP contribution in [0.2, 0.25) is 0 Å². The zero-order valence-electron chi connectivity index (χ0n) is 11.0. The molecule has 0 amide bonds. The van der Waals surface area contributed by atoms with Gasteiger partial charge in [0.15, 0.2) is 5.13 Å². The number of nitrogens with two attached hydrogens (primary N) is 1. The van der Waals surface area contributed by atoms with Crippen LogP contribution in [-0.2, 0) is 6.42 Å². The molecule has 1 aromatic carbocycles. The van der Waals surface area contributed by atoms with Crippen LogP contribution in [0.4, 0.5) is 5.13 Å². The van der Waals surface area contributed by atoms with Crippen molar-refractivity contribution < 1.29 is 4.74 Å². The molecule has 5 heteroatoms. The Balaban J connectivity index is 1.94. The van der Waals surface area contributed by atoms with Crippen molar-refractivity contribution in [2.24, 2.45) is 0 Å². The molecule has 2 heterocycles. The Kier molecular flexibility index (Phi) is 3.71. The number of nitrogens with zero attached hydrogens (tertiary/aromatic N) is 1. The first-order chi connectivity index (χ1) is 9.76. The average Bonchev–Trinajstić information content (AvgIpc) is 3.08. The Labute approximate surface area is 125 Å². The summed E-state index contributed by atoms with van der Waals surface area (Å²) in [4.78, 5) is 6.82. The fourth-order valence-electron chi connectivity index (χ4n) is 2.06. The summed E-state index contributed by atoms with van der Waals surface area (Å²) >= 11 is 3.24. The molecule has 2 N–H and O–H groups in total. The third-order valence-electron chi connectivity index (χ3n) is 2.97. The Morgan fingerprint density at radius 2 is 2.15 bits per heavy atom. The van der Waals surface area contributed by atoms with Gasteiger partial charge in [0.05, 0.1) is 17.7 Å². The Hall–Kier alpha value is -1.85. The molecule has 20 heavy (non-hydrogen) atoms. The van der Waals surface area contributed by atoms with E-state index in [-0.39, 0.29) is 0 Å². The lowest BCUT2D eigenvalue weighted by molar-refractivity contribution is 0.414. The molecule has 0 aliphatic rings. The highest BCUT2D eigenvalue weighted by atomic mass is 32.1. The largest absolute Gasteiger partial charge is 0.497 e. The van der Waals surface area contributed by atoms with Gasteiger partial charge in [-0.1, -0.05) is 18.2 Å². The van der Waals surface area contributed by atoms with Gasteiger partial charge in [0.2, 0.25) is 0 Å². The first kappa shape index (κ1) is 13.1. The SMILES string of the molecule is COc1cccc(Cc2sc(N)nc2-c2cccs2)c1. The van der Waals surface area contributed by atoms with Crippen molar-refractivity contribution in [1.82, 2.24) is 4.98 Å². The van der Waals surface area contributed by atoms with Crippen LogP contribution >= 0.6 is 22.7 Å². The van der Waals surface area contributed by atoms with E-state index in [1.54, 1.807) is 29.8 Å². The lowest BCUT2D eigenvalue weighted by Crippen LogP contribution is -1.89. The lowest BCUT2D eigenvalue weighted by atomic mass is 10.1. The van der Waals surface area contributed by atoms with Crippen molar-refractivity contribution in [2.45, 2.75) is 6.42 Å². The molecule has 3 aromatic rings. The van der Waals surface area contributed by atoms with Crippen LogP contribution < -0.4 is 10.5 Å². The number of methoxy groups -OCH3 is 1. The quantitative estimate of drug-likeness (QED) is 0.791. The molecule has 0 saturated carbocycles. The van der Waals surface area contributed by atoms with Crippen molar-refractivity contribution in [3.63, 3.8) is 0 Å². The van der Waals surface area contributed by atoms with Crippen LogP contribution in [0.25, 0.3) is 10.6 Å². The number of thiazole rings is 1. The van der Waals surface area contributed by atoms with E-state index in [0.717, 1.165) is 22.7 Å². The number of nitrogen functional groups attached to an aromatic ring is 1. The third-order valence-corrected chi connectivity index (χ3v) is 4.73. The van der Waals surface area contributed by atoms with E-state index in [0.29, 0.717) is 5.13 Å². The number of rotatable bonds is 4. The topological polar surface area (TPSA) is 48.1 Å². The van der Waals surface area contributed by atoms with E-state index in [1.807, 2.05) is 24.3 Å². The van der Waals surface area contributed by atoms with E-state index < -0.39 is 0 Å². The average molecular weight is 302 g/mol. The predicted molar refractivity (Wildman–Crippen MR) is 85.6 cm³/mol. The van der Waals surface area contributed by atoms with Gasteiger partial charge in [-0.3, -0.25) is 0 Å². The monoisotopic (exact) mass is 302 g/mol. The van der Waals surface area contributed by atoms with Gasteiger partial charge in [0, 0.05) is 11.3 Å². The third kappa shape index (κ3) is 2.69. The normalized spacial score (nSPS) is 10.7. The Morgan fingerprint density at radius 1 is 1.25 bits per heavy atom. The van der Waals surface area contributed by atoms with Crippen LogP contribution in [0.1, 0.15) is 10.4 Å². The van der Waals surface area contributed by atoms with Crippen LogP contribution in [0.3, 0.4) is 0 Å². The maximum Gasteiger partial charge on any atom is 0.180 e. The first-order valence-electron chi connectivity index (χ1n) is 6.18. The number of ether oxygens (including phenoxy) is 1. The second kappa shape index (κ2) is 5.64. The smallest absolute Gasteiger partial charge is 0.180 e. The summed E-state index contributed by atoms with van der Waals surface area (Å²) in [5.74, 6) is 0.873. The second-order valence-corrected chi connectivity index (χ2v) is 6.39. The highest BCUT2D eigenvalue weighted by Gasteiger charge is 2.13. The van der Waals surface area contributed by atoms with Gasteiger partial charge < -0.3 is 10.5 Å². The Morgan fingerprint density at radius 3 is 2.90 bits per heavy atom. The standard InChI is InChI=1S/C15H14N2OS2/c1-18-11-5-2-4-10(8-11)9-13-14(17-15(16)20-13)12-6-3-7-19-12/h2-8H,9H2,1H3,(H2,16,17). The minimum atomic E-state index is 0.617. The van der Waals surface area contributed by atoms with E-state index in [1.165, 1.54) is 10.4 Å². The number of aromatic nitrogens is 1.